The zero-order chi connectivity index (χ0) is 43.5. The molecule has 0 unspecified atom stereocenters. The number of anilines is 1. The minimum absolute atomic E-state index is 0.0436. The molecule has 336 valence electrons. The Bertz CT molecular complexity index is 2090. The van der Waals surface area contributed by atoms with Crippen molar-refractivity contribution >= 4 is 33.6 Å². The first-order chi connectivity index (χ1) is 30.4. The molecule has 2 atom stereocenters. The van der Waals surface area contributed by atoms with Crippen LogP contribution in [0.4, 0.5) is 23.8 Å². The normalized spacial score (nSPS) is 17.3. The summed E-state index contributed by atoms with van der Waals surface area (Å²) in [5.41, 5.74) is 3.23. The molecule has 1 amide bonds. The van der Waals surface area contributed by atoms with Gasteiger partial charge in [0.1, 0.15) is 28.9 Å². The number of carbonyl (C=O) groups is 1. The number of fused-ring (bicyclic) bond motifs is 2. The van der Waals surface area contributed by atoms with Crippen molar-refractivity contribution in [1.82, 2.24) is 31.0 Å². The number of unbranched alkanes of at least 4 members (excludes halogenated alkanes) is 13. The number of hydrazine groups is 1. The molecule has 2 saturated heterocycles. The van der Waals surface area contributed by atoms with Gasteiger partial charge in [-0.3, -0.25) is 9.99 Å². The Balaban J connectivity index is 1.17. The Hall–Kier alpha value is -4.67. The van der Waals surface area contributed by atoms with E-state index in [1.54, 1.807) is 6.07 Å². The summed E-state index contributed by atoms with van der Waals surface area (Å²) in [4.78, 5) is 26.9. The standard InChI is InChI=1S/C49H66F3N7O3/c1-3-5-6-7-8-9-10-11-12-13-14-15-16-18-26-54-49(60)62-38-30-36-23-24-42(51)39(4-2)43(36)40(31-38)45-44(52)46-41(33-55-45)47(59-28-20-17-19-27-56-59)58-48(57-46)61-34-35-22-21-25-53-32-37(50)29-35/h2,23-24,30-31,33,35,37,53,56H,3,5-22,25-29,32,34H2,1H3,(H,54,60)/t35-,37-/m1/s1. The van der Waals surface area contributed by atoms with Gasteiger partial charge in [0.15, 0.2) is 11.6 Å². The molecule has 3 N–H and O–H groups in total. The molecule has 0 spiro atoms. The van der Waals surface area contributed by atoms with E-state index in [1.165, 1.54) is 95.0 Å². The number of benzene rings is 2. The van der Waals surface area contributed by atoms with Crippen LogP contribution >= 0.6 is 0 Å². The first-order valence-electron chi connectivity index (χ1n) is 23.4. The Morgan fingerprint density at radius 3 is 2.42 bits per heavy atom. The van der Waals surface area contributed by atoms with Crippen LogP contribution in [0, 0.1) is 29.9 Å². The highest BCUT2D eigenvalue weighted by molar-refractivity contribution is 6.03. The van der Waals surface area contributed by atoms with Gasteiger partial charge in [0, 0.05) is 43.3 Å². The van der Waals surface area contributed by atoms with Crippen LogP contribution in [0.3, 0.4) is 0 Å². The van der Waals surface area contributed by atoms with E-state index in [1.807, 2.05) is 5.01 Å². The van der Waals surface area contributed by atoms with Crippen molar-refractivity contribution in [3.63, 3.8) is 0 Å². The Morgan fingerprint density at radius 1 is 0.935 bits per heavy atom. The summed E-state index contributed by atoms with van der Waals surface area (Å²) in [5, 5.41) is 8.86. The third kappa shape index (κ3) is 13.4. The van der Waals surface area contributed by atoms with Crippen LogP contribution in [0.15, 0.2) is 30.5 Å². The van der Waals surface area contributed by atoms with E-state index in [2.05, 4.69) is 38.9 Å². The molecule has 2 fully saturated rings. The first kappa shape index (κ1) is 46.8. The lowest BCUT2D eigenvalue weighted by Gasteiger charge is -2.25. The number of hydrogen-bond donors (Lipinski definition) is 3. The van der Waals surface area contributed by atoms with E-state index in [9.17, 15) is 9.18 Å². The van der Waals surface area contributed by atoms with Crippen molar-refractivity contribution in [3.8, 4) is 35.4 Å². The largest absolute Gasteiger partial charge is 0.463 e. The molecule has 4 heterocycles. The Morgan fingerprint density at radius 2 is 1.68 bits per heavy atom. The van der Waals surface area contributed by atoms with Crippen molar-refractivity contribution < 1.29 is 27.4 Å². The fraction of sp³-hybridized carbons (Fsp3) is 0.592. The number of pyridine rings is 1. The third-order valence-corrected chi connectivity index (χ3v) is 12.1. The van der Waals surface area contributed by atoms with Crippen molar-refractivity contribution in [2.24, 2.45) is 5.92 Å². The van der Waals surface area contributed by atoms with Crippen LogP contribution in [-0.2, 0) is 0 Å². The molecule has 2 aromatic heterocycles. The summed E-state index contributed by atoms with van der Waals surface area (Å²) in [7, 11) is 0. The van der Waals surface area contributed by atoms with Crippen LogP contribution in [0.2, 0.25) is 0 Å². The molecule has 4 aromatic rings. The van der Waals surface area contributed by atoms with E-state index in [4.69, 9.17) is 20.9 Å². The summed E-state index contributed by atoms with van der Waals surface area (Å²) in [6.45, 7) is 5.23. The number of carbonyl (C=O) groups excluding carboxylic acids is 1. The van der Waals surface area contributed by atoms with Crippen LogP contribution in [0.1, 0.15) is 141 Å². The van der Waals surface area contributed by atoms with E-state index >= 15 is 8.78 Å². The zero-order valence-corrected chi connectivity index (χ0v) is 36.7. The number of nitrogens with zero attached hydrogens (tertiary/aromatic N) is 4. The maximum absolute atomic E-state index is 17.2. The Kier molecular flexibility index (Phi) is 18.8. The smallest absolute Gasteiger partial charge is 0.412 e. The average molecular weight is 858 g/mol. The SMILES string of the molecule is C#Cc1c(F)ccc2cc(OC(=O)NCCCCCCCCCCCCCCCC)cc(-c3ncc4c(N5CCCCCN5)nc(OC[C@@H]5CCCNC[C@H](F)C5)nc4c3F)c12. The van der Waals surface area contributed by atoms with Gasteiger partial charge < -0.3 is 20.1 Å². The summed E-state index contributed by atoms with van der Waals surface area (Å²) in [5.74, 6) is 1.42. The lowest BCUT2D eigenvalue weighted by atomic mass is 9.95. The lowest BCUT2D eigenvalue weighted by molar-refractivity contribution is 0.166. The predicted molar refractivity (Wildman–Crippen MR) is 242 cm³/mol. The third-order valence-electron chi connectivity index (χ3n) is 12.1. The van der Waals surface area contributed by atoms with Crippen LogP contribution < -0.4 is 30.5 Å². The average Bonchev–Trinajstić information content (AvgIpc) is 3.55. The minimum Gasteiger partial charge on any atom is -0.463 e. The van der Waals surface area contributed by atoms with Gasteiger partial charge in [-0.1, -0.05) is 109 Å². The van der Waals surface area contributed by atoms with Crippen molar-refractivity contribution in [3.05, 3.63) is 47.7 Å². The van der Waals surface area contributed by atoms with E-state index in [0.29, 0.717) is 49.2 Å². The fourth-order valence-electron chi connectivity index (χ4n) is 8.66. The van der Waals surface area contributed by atoms with Crippen molar-refractivity contribution in [2.45, 2.75) is 142 Å². The van der Waals surface area contributed by atoms with Crippen molar-refractivity contribution in [1.29, 1.82) is 0 Å². The maximum Gasteiger partial charge on any atom is 0.412 e. The molecule has 62 heavy (non-hydrogen) atoms. The highest BCUT2D eigenvalue weighted by Gasteiger charge is 2.26. The number of ether oxygens (including phenoxy) is 2. The number of rotatable bonds is 21. The van der Waals surface area contributed by atoms with Crippen LogP contribution in [-0.4, -0.2) is 66.5 Å². The molecular weight excluding hydrogens is 792 g/mol. The highest BCUT2D eigenvalue weighted by atomic mass is 19.1. The van der Waals surface area contributed by atoms with Gasteiger partial charge in [-0.2, -0.15) is 9.97 Å². The molecule has 2 aliphatic heterocycles. The molecule has 0 saturated carbocycles. The second-order valence-electron chi connectivity index (χ2n) is 17.0. The summed E-state index contributed by atoms with van der Waals surface area (Å²) >= 11 is 0. The second-order valence-corrected chi connectivity index (χ2v) is 17.0. The molecule has 0 radical (unpaired) electrons. The van der Waals surface area contributed by atoms with Gasteiger partial charge >= 0.3 is 12.1 Å². The van der Waals surface area contributed by atoms with E-state index in [-0.39, 0.29) is 52.0 Å². The summed E-state index contributed by atoms with van der Waals surface area (Å²) in [6.07, 6.45) is 27.9. The second kappa shape index (κ2) is 24.8. The number of alkyl halides is 1. The minimum atomic E-state index is -1.00. The number of hydrogen-bond acceptors (Lipinski definition) is 9. The van der Waals surface area contributed by atoms with E-state index in [0.717, 1.165) is 57.9 Å². The van der Waals surface area contributed by atoms with Crippen LogP contribution in [0.25, 0.3) is 32.9 Å². The summed E-state index contributed by atoms with van der Waals surface area (Å²) in [6, 6.07) is 5.74. The molecule has 10 nitrogen and oxygen atoms in total. The van der Waals surface area contributed by atoms with Gasteiger partial charge in [-0.05, 0) is 74.6 Å². The fourth-order valence-corrected chi connectivity index (χ4v) is 8.66. The maximum atomic E-state index is 17.2. The quantitative estimate of drug-likeness (QED) is 0.0557. The molecule has 0 bridgehead atoms. The molecule has 0 aliphatic carbocycles. The first-order valence-corrected chi connectivity index (χ1v) is 23.4. The monoisotopic (exact) mass is 858 g/mol. The number of aromatic nitrogens is 3. The molecular formula is C49H66F3N7O3. The van der Waals surface area contributed by atoms with Crippen LogP contribution in [0.5, 0.6) is 11.8 Å². The molecule has 13 heteroatoms. The number of amides is 1. The molecule has 2 aromatic carbocycles. The number of nitrogens with one attached hydrogen (secondary N) is 3. The topological polar surface area (TPSA) is 114 Å². The van der Waals surface area contributed by atoms with E-state index < -0.39 is 23.9 Å². The van der Waals surface area contributed by atoms with Gasteiger partial charge in [0.25, 0.3) is 0 Å². The van der Waals surface area contributed by atoms with Crippen molar-refractivity contribution in [2.75, 3.05) is 44.3 Å². The van der Waals surface area contributed by atoms with Gasteiger partial charge in [-0.25, -0.2) is 23.4 Å². The van der Waals surface area contributed by atoms with Gasteiger partial charge in [-0.15, -0.1) is 6.42 Å². The summed E-state index contributed by atoms with van der Waals surface area (Å²) < 4.78 is 59.0. The van der Waals surface area contributed by atoms with Gasteiger partial charge in [0.05, 0.1) is 17.6 Å². The molecule has 6 rings (SSSR count). The van der Waals surface area contributed by atoms with Gasteiger partial charge in [0.2, 0.25) is 0 Å². The molecule has 2 aliphatic rings. The number of terminal acetylenes is 1. The lowest BCUT2D eigenvalue weighted by Crippen LogP contribution is -2.38. The number of halogens is 3. The predicted octanol–water partition coefficient (Wildman–Crippen LogP) is 11.3. The Labute approximate surface area is 365 Å². The highest BCUT2D eigenvalue weighted by Crippen LogP contribution is 2.39. The zero-order valence-electron chi connectivity index (χ0n) is 36.7.